The van der Waals surface area contributed by atoms with Crippen LogP contribution in [-0.2, 0) is 14.3 Å². The van der Waals surface area contributed by atoms with Gasteiger partial charge in [0.15, 0.2) is 0 Å². The maximum absolute atomic E-state index is 11.5. The Morgan fingerprint density at radius 3 is 2.47 bits per heavy atom. The number of esters is 1. The number of hydrogen-bond acceptors (Lipinski definition) is 5. The molecule has 5 nitrogen and oxygen atoms in total. The molecule has 0 aromatic carbocycles. The van der Waals surface area contributed by atoms with Gasteiger partial charge in [-0.3, -0.25) is 4.79 Å². The molecule has 0 amide bonds. The summed E-state index contributed by atoms with van der Waals surface area (Å²) in [6.45, 7) is 3.84. The minimum absolute atomic E-state index is 0.255. The summed E-state index contributed by atoms with van der Waals surface area (Å²) >= 11 is 0. The van der Waals surface area contributed by atoms with Gasteiger partial charge in [-0.1, -0.05) is 0 Å². The maximum Gasteiger partial charge on any atom is 0.327 e. The number of likely N-dealkylation sites (N-methyl/N-ethyl adjacent to an activating group) is 2. The molecule has 0 aliphatic heterocycles. The highest BCUT2D eigenvalue weighted by Gasteiger charge is 2.33. The van der Waals surface area contributed by atoms with E-state index in [1.165, 1.54) is 7.11 Å². The molecule has 1 unspecified atom stereocenters. The van der Waals surface area contributed by atoms with Gasteiger partial charge in [0.2, 0.25) is 0 Å². The van der Waals surface area contributed by atoms with Crippen molar-refractivity contribution in [2.45, 2.75) is 12.5 Å². The number of hydrogen-bond donors (Lipinski definition) is 1. The third-order valence-corrected chi connectivity index (χ3v) is 2.45. The first-order valence-corrected chi connectivity index (χ1v) is 4.95. The summed E-state index contributed by atoms with van der Waals surface area (Å²) in [4.78, 5) is 13.6. The molecule has 0 saturated carbocycles. The van der Waals surface area contributed by atoms with Gasteiger partial charge in [-0.2, -0.15) is 0 Å². The van der Waals surface area contributed by atoms with Crippen molar-refractivity contribution >= 4 is 5.97 Å². The zero-order valence-electron chi connectivity index (χ0n) is 10.3. The molecule has 5 heteroatoms. The van der Waals surface area contributed by atoms with Crippen LogP contribution in [0.25, 0.3) is 0 Å². The van der Waals surface area contributed by atoms with Gasteiger partial charge in [-0.05, 0) is 21.0 Å². The van der Waals surface area contributed by atoms with Gasteiger partial charge in [-0.25, -0.2) is 0 Å². The molecule has 15 heavy (non-hydrogen) atoms. The zero-order chi connectivity index (χ0) is 11.9. The molecule has 1 atom stereocenters. The Morgan fingerprint density at radius 1 is 1.47 bits per heavy atom. The monoisotopic (exact) mass is 218 g/mol. The standard InChI is InChI=1S/C10H22N2O3/c1-10(11-2,9(13)15-5)8-12(3)6-7-14-4/h11H,6-8H2,1-5H3. The molecule has 0 radical (unpaired) electrons. The summed E-state index contributed by atoms with van der Waals surface area (Å²) in [5, 5.41) is 2.98. The number of carbonyl (C=O) groups excluding carboxylic acids is 1. The maximum atomic E-state index is 11.5. The molecule has 0 bridgehead atoms. The summed E-state index contributed by atoms with van der Waals surface area (Å²) in [6, 6.07) is 0. The van der Waals surface area contributed by atoms with Crippen LogP contribution in [0, 0.1) is 0 Å². The van der Waals surface area contributed by atoms with Gasteiger partial charge in [0.25, 0.3) is 0 Å². The number of nitrogens with one attached hydrogen (secondary N) is 1. The minimum Gasteiger partial charge on any atom is -0.468 e. The number of rotatable bonds is 7. The topological polar surface area (TPSA) is 50.8 Å². The Kier molecular flexibility index (Phi) is 6.47. The van der Waals surface area contributed by atoms with E-state index in [-0.39, 0.29) is 5.97 Å². The predicted octanol–water partition coefficient (Wildman–Crippen LogP) is -0.284. The van der Waals surface area contributed by atoms with E-state index >= 15 is 0 Å². The first-order chi connectivity index (χ1) is 7.00. The Balaban J connectivity index is 4.23. The molecule has 0 saturated heterocycles. The van der Waals surface area contributed by atoms with E-state index in [2.05, 4.69) is 5.32 Å². The van der Waals surface area contributed by atoms with Crippen molar-refractivity contribution in [2.75, 3.05) is 48.0 Å². The Morgan fingerprint density at radius 2 is 2.07 bits per heavy atom. The van der Waals surface area contributed by atoms with E-state index < -0.39 is 5.54 Å². The summed E-state index contributed by atoms with van der Waals surface area (Å²) < 4.78 is 9.72. The van der Waals surface area contributed by atoms with Crippen LogP contribution in [0.5, 0.6) is 0 Å². The average Bonchev–Trinajstić information content (AvgIpc) is 2.24. The van der Waals surface area contributed by atoms with Crippen LogP contribution in [0.2, 0.25) is 0 Å². The van der Waals surface area contributed by atoms with Crippen LogP contribution in [0.15, 0.2) is 0 Å². The van der Waals surface area contributed by atoms with Crippen LogP contribution in [-0.4, -0.2) is 64.4 Å². The third kappa shape index (κ3) is 4.59. The molecular weight excluding hydrogens is 196 g/mol. The van der Waals surface area contributed by atoms with Crippen LogP contribution in [0.1, 0.15) is 6.92 Å². The highest BCUT2D eigenvalue weighted by atomic mass is 16.5. The van der Waals surface area contributed by atoms with Gasteiger partial charge < -0.3 is 19.7 Å². The summed E-state index contributed by atoms with van der Waals surface area (Å²) in [7, 11) is 6.75. The normalized spacial score (nSPS) is 15.1. The van der Waals surface area contributed by atoms with E-state index in [0.29, 0.717) is 13.2 Å². The second-order valence-electron chi connectivity index (χ2n) is 3.80. The summed E-state index contributed by atoms with van der Waals surface area (Å²) in [5.41, 5.74) is -0.669. The lowest BCUT2D eigenvalue weighted by atomic mass is 10.0. The van der Waals surface area contributed by atoms with E-state index in [1.54, 1.807) is 14.2 Å². The first-order valence-electron chi connectivity index (χ1n) is 4.95. The third-order valence-electron chi connectivity index (χ3n) is 2.45. The number of nitrogens with zero attached hydrogens (tertiary/aromatic N) is 1. The second kappa shape index (κ2) is 6.76. The fourth-order valence-electron chi connectivity index (χ4n) is 1.34. The van der Waals surface area contributed by atoms with Crippen molar-refractivity contribution in [3.8, 4) is 0 Å². The predicted molar refractivity (Wildman–Crippen MR) is 58.9 cm³/mol. The van der Waals surface area contributed by atoms with Gasteiger partial charge in [-0.15, -0.1) is 0 Å². The Hall–Kier alpha value is -0.650. The average molecular weight is 218 g/mol. The van der Waals surface area contributed by atoms with Crippen LogP contribution >= 0.6 is 0 Å². The molecule has 0 rings (SSSR count). The van der Waals surface area contributed by atoms with Crippen molar-refractivity contribution < 1.29 is 14.3 Å². The van der Waals surface area contributed by atoms with Crippen LogP contribution < -0.4 is 5.32 Å². The lowest BCUT2D eigenvalue weighted by Gasteiger charge is -2.30. The summed E-state index contributed by atoms with van der Waals surface area (Å²) in [6.07, 6.45) is 0. The first kappa shape index (κ1) is 14.3. The lowest BCUT2D eigenvalue weighted by molar-refractivity contribution is -0.148. The van der Waals surface area contributed by atoms with Crippen LogP contribution in [0.4, 0.5) is 0 Å². The molecule has 0 spiro atoms. The molecular formula is C10H22N2O3. The van der Waals surface area contributed by atoms with Gasteiger partial charge in [0, 0.05) is 20.2 Å². The van der Waals surface area contributed by atoms with Crippen molar-refractivity contribution in [1.29, 1.82) is 0 Å². The second-order valence-corrected chi connectivity index (χ2v) is 3.80. The van der Waals surface area contributed by atoms with Crippen molar-refractivity contribution in [3.63, 3.8) is 0 Å². The zero-order valence-corrected chi connectivity index (χ0v) is 10.3. The van der Waals surface area contributed by atoms with E-state index in [4.69, 9.17) is 9.47 Å². The fourth-order valence-corrected chi connectivity index (χ4v) is 1.34. The highest BCUT2D eigenvalue weighted by molar-refractivity contribution is 5.80. The largest absolute Gasteiger partial charge is 0.468 e. The molecule has 0 aromatic rings. The minimum atomic E-state index is -0.669. The van der Waals surface area contributed by atoms with Gasteiger partial charge in [0.05, 0.1) is 13.7 Å². The molecule has 0 fully saturated rings. The van der Waals surface area contributed by atoms with E-state index in [1.807, 2.05) is 18.9 Å². The fraction of sp³-hybridized carbons (Fsp3) is 0.900. The smallest absolute Gasteiger partial charge is 0.327 e. The van der Waals surface area contributed by atoms with Crippen molar-refractivity contribution in [3.05, 3.63) is 0 Å². The van der Waals surface area contributed by atoms with Crippen molar-refractivity contribution in [2.24, 2.45) is 0 Å². The van der Waals surface area contributed by atoms with Gasteiger partial charge >= 0.3 is 5.97 Å². The van der Waals surface area contributed by atoms with E-state index in [0.717, 1.165) is 6.54 Å². The Bertz CT molecular complexity index is 199. The highest BCUT2D eigenvalue weighted by Crippen LogP contribution is 2.07. The molecule has 1 N–H and O–H groups in total. The Labute approximate surface area is 91.7 Å². The van der Waals surface area contributed by atoms with Crippen molar-refractivity contribution in [1.82, 2.24) is 10.2 Å². The van der Waals surface area contributed by atoms with E-state index in [9.17, 15) is 4.79 Å². The van der Waals surface area contributed by atoms with Gasteiger partial charge in [0.1, 0.15) is 5.54 Å². The van der Waals surface area contributed by atoms with Crippen LogP contribution in [0.3, 0.4) is 0 Å². The quantitative estimate of drug-likeness (QED) is 0.595. The number of methoxy groups -OCH3 is 2. The summed E-state index contributed by atoms with van der Waals surface area (Å²) in [5.74, 6) is -0.255. The number of ether oxygens (including phenoxy) is 2. The molecule has 0 heterocycles. The molecule has 0 aliphatic rings. The SMILES string of the molecule is CNC(C)(CN(C)CCOC)C(=O)OC. The number of carbonyl (C=O) groups is 1. The lowest BCUT2D eigenvalue weighted by Crippen LogP contribution is -2.55. The molecule has 0 aromatic heterocycles. The molecule has 0 aliphatic carbocycles. The molecule has 90 valence electrons.